The van der Waals surface area contributed by atoms with Crippen molar-refractivity contribution in [1.29, 1.82) is 0 Å². The summed E-state index contributed by atoms with van der Waals surface area (Å²) >= 11 is 0. The van der Waals surface area contributed by atoms with Crippen LogP contribution in [0.15, 0.2) is 58.8 Å². The molecule has 0 aliphatic heterocycles. The molecule has 0 heterocycles. The van der Waals surface area contributed by atoms with Crippen LogP contribution in [0.4, 0.5) is 11.4 Å². The van der Waals surface area contributed by atoms with E-state index in [0.717, 1.165) is 24.3 Å². The molecule has 0 atom stereocenters. The summed E-state index contributed by atoms with van der Waals surface area (Å²) in [5.41, 5.74) is 1.45. The summed E-state index contributed by atoms with van der Waals surface area (Å²) in [7, 11) is 0. The van der Waals surface area contributed by atoms with Gasteiger partial charge in [0.1, 0.15) is 11.5 Å². The lowest BCUT2D eigenvalue weighted by molar-refractivity contribution is -0.134. The van der Waals surface area contributed by atoms with E-state index in [2.05, 4.69) is 17.2 Å². The molecule has 2 aromatic rings. The first-order valence-corrected chi connectivity index (χ1v) is 10.7. The zero-order valence-corrected chi connectivity index (χ0v) is 17.6. The van der Waals surface area contributed by atoms with Crippen LogP contribution in [0.1, 0.15) is 65.2 Å². The van der Waals surface area contributed by atoms with E-state index < -0.39 is 0 Å². The molecular weight excluding hydrogens is 364 g/mol. The highest BCUT2D eigenvalue weighted by molar-refractivity contribution is 5.72. The third kappa shape index (κ3) is 9.37. The van der Waals surface area contributed by atoms with Gasteiger partial charge in [-0.15, -0.1) is 0 Å². The average Bonchev–Trinajstić information content (AvgIpc) is 2.74. The van der Waals surface area contributed by atoms with E-state index in [1.807, 2.05) is 31.2 Å². The molecular formula is C24H32N2O3. The van der Waals surface area contributed by atoms with E-state index in [1.165, 1.54) is 32.1 Å². The van der Waals surface area contributed by atoms with E-state index in [4.69, 9.17) is 9.47 Å². The maximum atomic E-state index is 11.9. The zero-order chi connectivity index (χ0) is 20.7. The van der Waals surface area contributed by atoms with Crippen molar-refractivity contribution in [2.75, 3.05) is 6.61 Å². The highest BCUT2D eigenvalue weighted by Crippen LogP contribution is 2.23. The van der Waals surface area contributed by atoms with Gasteiger partial charge >= 0.3 is 5.97 Å². The van der Waals surface area contributed by atoms with Gasteiger partial charge < -0.3 is 9.47 Å². The number of unbranched alkanes of at least 4 members (excludes halogenated alkanes) is 6. The fourth-order valence-corrected chi connectivity index (χ4v) is 2.88. The number of rotatable bonds is 13. The quantitative estimate of drug-likeness (QED) is 0.152. The molecule has 5 heteroatoms. The summed E-state index contributed by atoms with van der Waals surface area (Å²) in [6.07, 6.45) is 8.75. The Kier molecular flexibility index (Phi) is 10.5. The van der Waals surface area contributed by atoms with Gasteiger partial charge in [-0.2, -0.15) is 10.2 Å². The molecule has 0 aromatic heterocycles. The van der Waals surface area contributed by atoms with Gasteiger partial charge in [0.05, 0.1) is 18.0 Å². The first-order valence-electron chi connectivity index (χ1n) is 10.7. The van der Waals surface area contributed by atoms with Crippen LogP contribution in [0.2, 0.25) is 0 Å². The number of nitrogens with zero attached hydrogens (tertiary/aromatic N) is 2. The van der Waals surface area contributed by atoms with E-state index >= 15 is 0 Å². The standard InChI is InChI=1S/C24H32N2O3/c1-3-5-6-7-8-9-10-11-24(27)29-23-18-14-21(15-19-23)26-25-20-12-16-22(17-13-20)28-4-2/h12-19H,3-11H2,1-2H3/b26-25+. The van der Waals surface area contributed by atoms with Gasteiger partial charge in [0.2, 0.25) is 0 Å². The number of esters is 1. The van der Waals surface area contributed by atoms with Crippen LogP contribution in [0.25, 0.3) is 0 Å². The third-order valence-corrected chi connectivity index (χ3v) is 4.48. The van der Waals surface area contributed by atoms with Crippen molar-refractivity contribution in [2.45, 2.75) is 65.2 Å². The van der Waals surface area contributed by atoms with Crippen LogP contribution in [0.5, 0.6) is 11.5 Å². The largest absolute Gasteiger partial charge is 0.494 e. The molecule has 0 amide bonds. The number of benzene rings is 2. The number of hydrogen-bond donors (Lipinski definition) is 0. The fraction of sp³-hybridized carbons (Fsp3) is 0.458. The van der Waals surface area contributed by atoms with Gasteiger partial charge in [-0.3, -0.25) is 4.79 Å². The second-order valence-electron chi connectivity index (χ2n) is 6.97. The molecule has 0 fully saturated rings. The third-order valence-electron chi connectivity index (χ3n) is 4.48. The summed E-state index contributed by atoms with van der Waals surface area (Å²) in [5, 5.41) is 8.41. The molecule has 29 heavy (non-hydrogen) atoms. The molecule has 0 aliphatic rings. The van der Waals surface area contributed by atoms with Crippen LogP contribution >= 0.6 is 0 Å². The highest BCUT2D eigenvalue weighted by Gasteiger charge is 2.05. The Balaban J connectivity index is 1.71. The van der Waals surface area contributed by atoms with Crippen LogP contribution in [-0.4, -0.2) is 12.6 Å². The second-order valence-corrected chi connectivity index (χ2v) is 6.97. The van der Waals surface area contributed by atoms with Gasteiger partial charge in [0, 0.05) is 6.42 Å². The van der Waals surface area contributed by atoms with Crippen molar-refractivity contribution in [3.05, 3.63) is 48.5 Å². The molecule has 0 saturated carbocycles. The Morgan fingerprint density at radius 1 is 0.724 bits per heavy atom. The minimum Gasteiger partial charge on any atom is -0.494 e. The van der Waals surface area contributed by atoms with Crippen LogP contribution in [0, 0.1) is 0 Å². The molecule has 0 aliphatic carbocycles. The van der Waals surface area contributed by atoms with Crippen LogP contribution in [-0.2, 0) is 4.79 Å². The minimum atomic E-state index is -0.178. The van der Waals surface area contributed by atoms with Gasteiger partial charge in [0.15, 0.2) is 0 Å². The first-order chi connectivity index (χ1) is 14.2. The highest BCUT2D eigenvalue weighted by atomic mass is 16.5. The van der Waals surface area contributed by atoms with Crippen LogP contribution < -0.4 is 9.47 Å². The zero-order valence-electron chi connectivity index (χ0n) is 17.6. The Labute approximate surface area is 174 Å². The predicted molar refractivity (Wildman–Crippen MR) is 116 cm³/mol. The van der Waals surface area contributed by atoms with Crippen molar-refractivity contribution in [2.24, 2.45) is 10.2 Å². The molecule has 0 N–H and O–H groups in total. The van der Waals surface area contributed by atoms with Gasteiger partial charge in [-0.05, 0) is 61.9 Å². The molecule has 0 bridgehead atoms. The number of hydrogen-bond acceptors (Lipinski definition) is 5. The van der Waals surface area contributed by atoms with Crippen molar-refractivity contribution < 1.29 is 14.3 Å². The second kappa shape index (κ2) is 13.5. The summed E-state index contributed by atoms with van der Waals surface area (Å²) < 4.78 is 10.8. The molecule has 0 unspecified atom stereocenters. The smallest absolute Gasteiger partial charge is 0.311 e. The summed E-state index contributed by atoms with van der Waals surface area (Å²) in [6, 6.07) is 14.5. The van der Waals surface area contributed by atoms with E-state index in [0.29, 0.717) is 24.5 Å². The molecule has 0 radical (unpaired) electrons. The molecule has 2 rings (SSSR count). The molecule has 5 nitrogen and oxygen atoms in total. The van der Waals surface area contributed by atoms with E-state index in [-0.39, 0.29) is 5.97 Å². The Hall–Kier alpha value is -2.69. The Bertz CT molecular complexity index is 740. The lowest BCUT2D eigenvalue weighted by atomic mass is 10.1. The number of carbonyl (C=O) groups is 1. The van der Waals surface area contributed by atoms with Gasteiger partial charge in [-0.1, -0.05) is 45.4 Å². The van der Waals surface area contributed by atoms with Crippen molar-refractivity contribution >= 4 is 17.3 Å². The average molecular weight is 397 g/mol. The topological polar surface area (TPSA) is 60.2 Å². The molecule has 156 valence electrons. The summed E-state index contributed by atoms with van der Waals surface area (Å²) in [5.74, 6) is 1.18. The number of azo groups is 1. The fourth-order valence-electron chi connectivity index (χ4n) is 2.88. The summed E-state index contributed by atoms with van der Waals surface area (Å²) in [6.45, 7) is 4.80. The first kappa shape index (κ1) is 22.6. The normalized spacial score (nSPS) is 11.0. The van der Waals surface area contributed by atoms with E-state index in [1.54, 1.807) is 24.3 Å². The van der Waals surface area contributed by atoms with Crippen molar-refractivity contribution in [3.8, 4) is 11.5 Å². The maximum Gasteiger partial charge on any atom is 0.311 e. The van der Waals surface area contributed by atoms with Gasteiger partial charge in [-0.25, -0.2) is 0 Å². The number of ether oxygens (including phenoxy) is 2. The number of carbonyl (C=O) groups excluding carboxylic acids is 1. The Morgan fingerprint density at radius 3 is 1.79 bits per heavy atom. The predicted octanol–water partition coefficient (Wildman–Crippen LogP) is 7.55. The molecule has 0 saturated heterocycles. The summed E-state index contributed by atoms with van der Waals surface area (Å²) in [4.78, 5) is 11.9. The Morgan fingerprint density at radius 2 is 1.24 bits per heavy atom. The monoisotopic (exact) mass is 396 g/mol. The van der Waals surface area contributed by atoms with Crippen molar-refractivity contribution in [1.82, 2.24) is 0 Å². The lowest BCUT2D eigenvalue weighted by Gasteiger charge is -2.05. The SMILES string of the molecule is CCCCCCCCCC(=O)Oc1ccc(/N=N/c2ccc(OCC)cc2)cc1. The maximum absolute atomic E-state index is 11.9. The lowest BCUT2D eigenvalue weighted by Crippen LogP contribution is -2.07. The molecule has 0 spiro atoms. The van der Waals surface area contributed by atoms with Gasteiger partial charge in [0.25, 0.3) is 0 Å². The molecule has 2 aromatic carbocycles. The van der Waals surface area contributed by atoms with Crippen molar-refractivity contribution in [3.63, 3.8) is 0 Å². The van der Waals surface area contributed by atoms with E-state index in [9.17, 15) is 4.79 Å². The minimum absolute atomic E-state index is 0.178. The van der Waals surface area contributed by atoms with Crippen LogP contribution in [0.3, 0.4) is 0 Å².